The fourth-order valence-corrected chi connectivity index (χ4v) is 3.43. The van der Waals surface area contributed by atoms with Gasteiger partial charge in [-0.1, -0.05) is 25.0 Å². The van der Waals surface area contributed by atoms with Crippen molar-refractivity contribution in [3.05, 3.63) is 23.3 Å². The van der Waals surface area contributed by atoms with E-state index in [9.17, 15) is 14.4 Å². The van der Waals surface area contributed by atoms with Gasteiger partial charge in [-0.25, -0.2) is 4.79 Å². The topological polar surface area (TPSA) is 78.9 Å². The van der Waals surface area contributed by atoms with Gasteiger partial charge in [-0.3, -0.25) is 9.59 Å². The number of esters is 2. The number of hydrogen-bond acceptors (Lipinski definition) is 6. The number of ketones is 1. The summed E-state index contributed by atoms with van der Waals surface area (Å²) < 4.78 is 16.4. The minimum Gasteiger partial charge on any atom is -0.466 e. The molecule has 0 spiro atoms. The Labute approximate surface area is 174 Å². The Kier molecular flexibility index (Phi) is 10.9. The first-order chi connectivity index (χ1) is 13.6. The van der Waals surface area contributed by atoms with Gasteiger partial charge in [0.25, 0.3) is 0 Å². The molecule has 0 N–H and O–H groups in total. The zero-order chi connectivity index (χ0) is 22.0. The third kappa shape index (κ3) is 9.39. The van der Waals surface area contributed by atoms with Crippen LogP contribution in [-0.2, 0) is 28.6 Å². The largest absolute Gasteiger partial charge is 0.466 e. The molecule has 1 rings (SSSR count). The molecule has 0 aromatic rings. The number of methoxy groups -OCH3 is 1. The summed E-state index contributed by atoms with van der Waals surface area (Å²) in [6.45, 7) is 9.21. The molecule has 164 valence electrons. The van der Waals surface area contributed by atoms with Gasteiger partial charge in [0.05, 0.1) is 19.3 Å². The van der Waals surface area contributed by atoms with Crippen LogP contribution in [0.2, 0.25) is 0 Å². The van der Waals surface area contributed by atoms with Gasteiger partial charge < -0.3 is 14.2 Å². The Morgan fingerprint density at radius 1 is 1.24 bits per heavy atom. The third-order valence-corrected chi connectivity index (χ3v) is 5.24. The lowest BCUT2D eigenvalue weighted by Crippen LogP contribution is -2.33. The maximum absolute atomic E-state index is 12.2. The van der Waals surface area contributed by atoms with E-state index in [0.717, 1.165) is 24.0 Å². The number of rotatable bonds is 9. The number of allylic oxidation sites excluding steroid dienone is 2. The molecule has 1 aliphatic rings. The van der Waals surface area contributed by atoms with Crippen molar-refractivity contribution in [2.45, 2.75) is 91.5 Å². The van der Waals surface area contributed by atoms with Crippen LogP contribution in [0.4, 0.5) is 0 Å². The van der Waals surface area contributed by atoms with Crippen molar-refractivity contribution in [1.29, 1.82) is 0 Å². The molecule has 6 heteroatoms. The molecule has 0 aromatic heterocycles. The van der Waals surface area contributed by atoms with Crippen LogP contribution in [0.25, 0.3) is 0 Å². The Balaban J connectivity index is 2.73. The fourth-order valence-electron chi connectivity index (χ4n) is 3.43. The maximum atomic E-state index is 12.2. The first-order valence-electron chi connectivity index (χ1n) is 10.4. The highest BCUT2D eigenvalue weighted by atomic mass is 16.6. The highest BCUT2D eigenvalue weighted by Crippen LogP contribution is 2.29. The van der Waals surface area contributed by atoms with Crippen molar-refractivity contribution in [3.63, 3.8) is 0 Å². The number of carbonyl (C=O) groups is 3. The van der Waals surface area contributed by atoms with E-state index in [1.807, 2.05) is 33.8 Å². The van der Waals surface area contributed by atoms with Crippen LogP contribution in [-0.4, -0.2) is 43.1 Å². The van der Waals surface area contributed by atoms with E-state index in [4.69, 9.17) is 14.2 Å². The lowest BCUT2D eigenvalue weighted by Gasteiger charge is -2.26. The fraction of sp³-hybridized carbons (Fsp3) is 0.696. The Hall–Kier alpha value is -1.95. The van der Waals surface area contributed by atoms with Crippen LogP contribution >= 0.6 is 0 Å². The molecule has 0 amide bonds. The van der Waals surface area contributed by atoms with Gasteiger partial charge in [0.1, 0.15) is 11.9 Å². The van der Waals surface area contributed by atoms with E-state index in [0.29, 0.717) is 25.7 Å². The first-order valence-corrected chi connectivity index (χ1v) is 10.4. The average molecular weight is 409 g/mol. The van der Waals surface area contributed by atoms with E-state index < -0.39 is 5.97 Å². The summed E-state index contributed by atoms with van der Waals surface area (Å²) in [6, 6.07) is 0. The number of Topliss-reactive ketones (excluding diaryl/α,β-unsaturated/α-hetero) is 1. The van der Waals surface area contributed by atoms with E-state index in [2.05, 4.69) is 0 Å². The average Bonchev–Trinajstić information content (AvgIpc) is 2.79. The molecule has 29 heavy (non-hydrogen) atoms. The van der Waals surface area contributed by atoms with E-state index in [1.54, 1.807) is 0 Å². The van der Waals surface area contributed by atoms with E-state index >= 15 is 0 Å². The molecule has 0 aliphatic carbocycles. The van der Waals surface area contributed by atoms with Crippen LogP contribution in [0.15, 0.2) is 23.3 Å². The zero-order valence-electron chi connectivity index (χ0n) is 18.7. The van der Waals surface area contributed by atoms with Crippen molar-refractivity contribution < 1.29 is 28.6 Å². The second-order valence-corrected chi connectivity index (χ2v) is 8.03. The molecule has 0 aromatic carbocycles. The smallest absolute Gasteiger partial charge is 0.330 e. The molecular weight excluding hydrogens is 372 g/mol. The van der Waals surface area contributed by atoms with Gasteiger partial charge in [0.15, 0.2) is 0 Å². The summed E-state index contributed by atoms with van der Waals surface area (Å²) in [5.41, 5.74) is 1.98. The predicted molar refractivity (Wildman–Crippen MR) is 111 cm³/mol. The SMILES string of the molecule is COC(=O)C=C1CC[C@@H](OC(C)=O)[C@H](CCCC(C)C(=O)CC=C(C)C)OC1C. The lowest BCUT2D eigenvalue weighted by atomic mass is 9.94. The number of hydrogen-bond donors (Lipinski definition) is 0. The molecule has 1 heterocycles. The van der Waals surface area contributed by atoms with E-state index in [1.165, 1.54) is 20.1 Å². The van der Waals surface area contributed by atoms with Crippen LogP contribution < -0.4 is 0 Å². The second kappa shape index (κ2) is 12.6. The van der Waals surface area contributed by atoms with Crippen LogP contribution in [0.5, 0.6) is 0 Å². The maximum Gasteiger partial charge on any atom is 0.330 e. The van der Waals surface area contributed by atoms with Gasteiger partial charge in [0, 0.05) is 25.3 Å². The van der Waals surface area contributed by atoms with Crippen molar-refractivity contribution >= 4 is 17.7 Å². The monoisotopic (exact) mass is 408 g/mol. The Morgan fingerprint density at radius 3 is 2.52 bits per heavy atom. The molecule has 0 bridgehead atoms. The summed E-state index contributed by atoms with van der Waals surface area (Å²) in [5.74, 6) is -0.541. The van der Waals surface area contributed by atoms with Gasteiger partial charge in [-0.15, -0.1) is 0 Å². The zero-order valence-corrected chi connectivity index (χ0v) is 18.7. The summed E-state index contributed by atoms with van der Waals surface area (Å²) in [4.78, 5) is 35.4. The van der Waals surface area contributed by atoms with Crippen LogP contribution in [0.1, 0.15) is 73.1 Å². The van der Waals surface area contributed by atoms with Gasteiger partial charge in [-0.2, -0.15) is 0 Å². The summed E-state index contributed by atoms with van der Waals surface area (Å²) in [5, 5.41) is 0. The molecule has 1 fully saturated rings. The van der Waals surface area contributed by atoms with Crippen molar-refractivity contribution in [2.24, 2.45) is 5.92 Å². The summed E-state index contributed by atoms with van der Waals surface area (Å²) in [6.07, 6.45) is 6.43. The highest BCUT2D eigenvalue weighted by molar-refractivity contribution is 5.83. The van der Waals surface area contributed by atoms with Crippen molar-refractivity contribution in [2.75, 3.05) is 7.11 Å². The minimum absolute atomic E-state index is 0.0178. The predicted octanol–water partition coefficient (Wildman–Crippen LogP) is 4.32. The normalized spacial score (nSPS) is 24.3. The minimum atomic E-state index is -0.415. The summed E-state index contributed by atoms with van der Waals surface area (Å²) >= 11 is 0. The molecule has 1 aliphatic heterocycles. The molecule has 1 saturated heterocycles. The first kappa shape index (κ1) is 25.1. The quantitative estimate of drug-likeness (QED) is 0.321. The molecule has 2 unspecified atom stereocenters. The molecule has 0 radical (unpaired) electrons. The van der Waals surface area contributed by atoms with Crippen molar-refractivity contribution in [1.82, 2.24) is 0 Å². The molecule has 6 nitrogen and oxygen atoms in total. The molecular formula is C23H36O6. The highest BCUT2D eigenvalue weighted by Gasteiger charge is 2.32. The number of ether oxygens (including phenoxy) is 3. The summed E-state index contributed by atoms with van der Waals surface area (Å²) in [7, 11) is 1.34. The standard InChI is InChI=1S/C23H36O6/c1-15(2)10-12-20(25)16(3)8-7-9-21-22(29-18(5)24)13-11-19(17(4)28-21)14-23(26)27-6/h10,14,16-17,21-22H,7-9,11-13H2,1-6H3/t16?,17?,21-,22+/m0/s1. The molecule has 4 atom stereocenters. The van der Waals surface area contributed by atoms with Crippen LogP contribution in [0.3, 0.4) is 0 Å². The lowest BCUT2D eigenvalue weighted by molar-refractivity contribution is -0.156. The van der Waals surface area contributed by atoms with E-state index in [-0.39, 0.29) is 36.0 Å². The molecule has 0 saturated carbocycles. The third-order valence-electron chi connectivity index (χ3n) is 5.24. The van der Waals surface area contributed by atoms with Gasteiger partial charge >= 0.3 is 11.9 Å². The number of carbonyl (C=O) groups excluding carboxylic acids is 3. The Bertz CT molecular complexity index is 629. The van der Waals surface area contributed by atoms with Gasteiger partial charge in [-0.05, 0) is 52.0 Å². The van der Waals surface area contributed by atoms with Crippen molar-refractivity contribution in [3.8, 4) is 0 Å². The van der Waals surface area contributed by atoms with Gasteiger partial charge in [0.2, 0.25) is 0 Å². The van der Waals surface area contributed by atoms with Crippen LogP contribution in [0, 0.1) is 5.92 Å². The second-order valence-electron chi connectivity index (χ2n) is 8.03. The Morgan fingerprint density at radius 2 is 1.93 bits per heavy atom.